The number of methoxy groups -OCH3 is 1. The summed E-state index contributed by atoms with van der Waals surface area (Å²) in [6.07, 6.45) is 1.36. The van der Waals surface area contributed by atoms with E-state index in [2.05, 4.69) is 15.9 Å². The van der Waals surface area contributed by atoms with Crippen molar-refractivity contribution in [1.29, 1.82) is 0 Å². The van der Waals surface area contributed by atoms with Gasteiger partial charge in [-0.2, -0.15) is 0 Å². The van der Waals surface area contributed by atoms with Gasteiger partial charge in [-0.15, -0.1) is 0 Å². The van der Waals surface area contributed by atoms with Crippen molar-refractivity contribution in [3.05, 3.63) is 33.0 Å². The molecule has 0 spiro atoms. The molecule has 5 heteroatoms. The van der Waals surface area contributed by atoms with Crippen LogP contribution in [0.3, 0.4) is 0 Å². The molecule has 0 N–H and O–H groups in total. The molecule has 0 saturated heterocycles. The van der Waals surface area contributed by atoms with Crippen molar-refractivity contribution in [2.24, 2.45) is 5.92 Å². The van der Waals surface area contributed by atoms with E-state index in [9.17, 15) is 9.18 Å². The van der Waals surface area contributed by atoms with E-state index in [4.69, 9.17) is 16.3 Å². The quantitative estimate of drug-likeness (QED) is 0.622. The lowest BCUT2D eigenvalue weighted by atomic mass is 10.0. The summed E-state index contributed by atoms with van der Waals surface area (Å²) in [7, 11) is 1.47. The van der Waals surface area contributed by atoms with Gasteiger partial charge in [0, 0.05) is 11.6 Å². The predicted octanol–water partition coefficient (Wildman–Crippen LogP) is 3.85. The van der Waals surface area contributed by atoms with Gasteiger partial charge in [0.15, 0.2) is 11.6 Å². The maximum Gasteiger partial charge on any atom is 0.194 e. The van der Waals surface area contributed by atoms with E-state index >= 15 is 0 Å². The van der Waals surface area contributed by atoms with E-state index in [-0.39, 0.29) is 22.3 Å². The van der Waals surface area contributed by atoms with Crippen LogP contribution in [0, 0.1) is 11.7 Å². The summed E-state index contributed by atoms with van der Waals surface area (Å²) in [4.78, 5) is 12.1. The minimum absolute atomic E-state index is 0.00282. The maximum absolute atomic E-state index is 13.9. The number of hydrogen-bond acceptors (Lipinski definition) is 2. The molecule has 1 aromatic rings. The molecule has 2 rings (SSSR count). The zero-order chi connectivity index (χ0) is 12.6. The van der Waals surface area contributed by atoms with Crippen molar-refractivity contribution in [3.63, 3.8) is 0 Å². The molecule has 0 aromatic heterocycles. The van der Waals surface area contributed by atoms with Crippen LogP contribution >= 0.6 is 27.5 Å². The van der Waals surface area contributed by atoms with Gasteiger partial charge in [-0.25, -0.2) is 4.39 Å². The Bertz CT molecular complexity index is 460. The normalized spacial score (nSPS) is 16.9. The van der Waals surface area contributed by atoms with Crippen molar-refractivity contribution >= 4 is 33.3 Å². The monoisotopic (exact) mass is 320 g/mol. The lowest BCUT2D eigenvalue weighted by molar-refractivity contribution is 0.0536. The van der Waals surface area contributed by atoms with Crippen LogP contribution < -0.4 is 0 Å². The van der Waals surface area contributed by atoms with Crippen LogP contribution in [-0.2, 0) is 4.74 Å². The fourth-order valence-corrected chi connectivity index (χ4v) is 2.25. The Morgan fingerprint density at radius 1 is 1.59 bits per heavy atom. The molecule has 1 saturated carbocycles. The Morgan fingerprint density at radius 2 is 2.24 bits per heavy atom. The molecule has 1 aliphatic rings. The molecule has 2 nitrogen and oxygen atoms in total. The Morgan fingerprint density at radius 3 is 2.76 bits per heavy atom. The number of rotatable bonds is 4. The van der Waals surface area contributed by atoms with Gasteiger partial charge in [0.25, 0.3) is 0 Å². The number of ketones is 1. The van der Waals surface area contributed by atoms with E-state index in [1.165, 1.54) is 13.2 Å². The van der Waals surface area contributed by atoms with E-state index in [0.717, 1.165) is 12.8 Å². The van der Waals surface area contributed by atoms with E-state index in [1.54, 1.807) is 6.07 Å². The maximum atomic E-state index is 13.9. The molecule has 17 heavy (non-hydrogen) atoms. The predicted molar refractivity (Wildman–Crippen MR) is 67.0 cm³/mol. The van der Waals surface area contributed by atoms with Gasteiger partial charge in [-0.05, 0) is 46.8 Å². The van der Waals surface area contributed by atoms with E-state index < -0.39 is 11.9 Å². The summed E-state index contributed by atoms with van der Waals surface area (Å²) in [5.41, 5.74) is -0.00282. The molecule has 0 aliphatic heterocycles. The summed E-state index contributed by atoms with van der Waals surface area (Å²) >= 11 is 8.87. The second-order valence-electron chi connectivity index (χ2n) is 4.08. The van der Waals surface area contributed by atoms with Crippen molar-refractivity contribution < 1.29 is 13.9 Å². The fraction of sp³-hybridized carbons (Fsp3) is 0.417. The van der Waals surface area contributed by atoms with Crippen molar-refractivity contribution in [3.8, 4) is 0 Å². The smallest absolute Gasteiger partial charge is 0.194 e. The molecule has 92 valence electrons. The van der Waals surface area contributed by atoms with Gasteiger partial charge in [0.2, 0.25) is 0 Å². The fourth-order valence-electron chi connectivity index (χ4n) is 1.78. The number of halogens is 3. The molecule has 1 aromatic carbocycles. The molecule has 1 aliphatic carbocycles. The first-order valence-electron chi connectivity index (χ1n) is 5.26. The first-order valence-corrected chi connectivity index (χ1v) is 6.44. The third-order valence-electron chi connectivity index (χ3n) is 2.86. The number of carbonyl (C=O) groups is 1. The lowest BCUT2D eigenvalue weighted by Crippen LogP contribution is -2.26. The van der Waals surface area contributed by atoms with Gasteiger partial charge in [0.1, 0.15) is 6.10 Å². The lowest BCUT2D eigenvalue weighted by Gasteiger charge is -2.14. The third-order valence-corrected chi connectivity index (χ3v) is 4.12. The van der Waals surface area contributed by atoms with Crippen molar-refractivity contribution in [1.82, 2.24) is 0 Å². The highest BCUT2D eigenvalue weighted by molar-refractivity contribution is 9.10. The molecule has 0 radical (unpaired) electrons. The first kappa shape index (κ1) is 13.0. The third kappa shape index (κ3) is 2.54. The van der Waals surface area contributed by atoms with Crippen molar-refractivity contribution in [2.75, 3.05) is 7.11 Å². The summed E-state index contributed by atoms with van der Waals surface area (Å²) < 4.78 is 19.4. The molecule has 1 unspecified atom stereocenters. The molecule has 0 heterocycles. The molecule has 0 amide bonds. The van der Waals surface area contributed by atoms with Gasteiger partial charge >= 0.3 is 0 Å². The second kappa shape index (κ2) is 5.04. The number of ether oxygens (including phenoxy) is 1. The highest BCUT2D eigenvalue weighted by Crippen LogP contribution is 2.37. The summed E-state index contributed by atoms with van der Waals surface area (Å²) in [6, 6.07) is 3.00. The number of benzene rings is 1. The minimum atomic E-state index is -0.686. The van der Waals surface area contributed by atoms with Gasteiger partial charge in [0.05, 0.1) is 10.6 Å². The van der Waals surface area contributed by atoms with Crippen LogP contribution in [0.15, 0.2) is 16.6 Å². The average molecular weight is 322 g/mol. The Labute approximate surface area is 112 Å². The average Bonchev–Trinajstić information content (AvgIpc) is 3.11. The van der Waals surface area contributed by atoms with Gasteiger partial charge in [-0.3, -0.25) is 4.79 Å². The van der Waals surface area contributed by atoms with Crippen LogP contribution in [-0.4, -0.2) is 19.0 Å². The zero-order valence-electron chi connectivity index (χ0n) is 9.17. The first-order chi connectivity index (χ1) is 8.06. The molecule has 1 fully saturated rings. The Kier molecular flexibility index (Phi) is 3.85. The van der Waals surface area contributed by atoms with Crippen LogP contribution in [0.1, 0.15) is 23.2 Å². The van der Waals surface area contributed by atoms with E-state index in [1.807, 2.05) is 0 Å². The number of hydrogen-bond donors (Lipinski definition) is 0. The molecular formula is C12H11BrClFO2. The topological polar surface area (TPSA) is 26.3 Å². The number of carbonyl (C=O) groups excluding carboxylic acids is 1. The van der Waals surface area contributed by atoms with Gasteiger partial charge in [-0.1, -0.05) is 11.6 Å². The number of Topliss-reactive ketones (excluding diaryl/α,β-unsaturated/α-hetero) is 1. The summed E-state index contributed by atoms with van der Waals surface area (Å²) in [5, 5.41) is -0.0681. The zero-order valence-corrected chi connectivity index (χ0v) is 11.5. The minimum Gasteiger partial charge on any atom is -0.373 e. The molecule has 0 bridgehead atoms. The van der Waals surface area contributed by atoms with E-state index in [0.29, 0.717) is 4.47 Å². The van der Waals surface area contributed by atoms with Gasteiger partial charge < -0.3 is 4.74 Å². The largest absolute Gasteiger partial charge is 0.373 e. The Hall–Kier alpha value is -0.450. The summed E-state index contributed by atoms with van der Waals surface area (Å²) in [5.74, 6) is -0.801. The SMILES string of the molecule is COC(C(=O)c1ccc(Br)c(Cl)c1F)C1CC1. The standard InChI is InChI=1S/C12H11BrClFO2/c1-17-12(6-2-3-6)11(16)7-4-5-8(13)9(14)10(7)15/h4-6,12H,2-3H2,1H3. The molecular weight excluding hydrogens is 310 g/mol. The van der Waals surface area contributed by atoms with Crippen LogP contribution in [0.4, 0.5) is 4.39 Å². The van der Waals surface area contributed by atoms with Crippen LogP contribution in [0.2, 0.25) is 5.02 Å². The highest BCUT2D eigenvalue weighted by atomic mass is 79.9. The Balaban J connectivity index is 2.33. The summed E-state index contributed by atoms with van der Waals surface area (Å²) in [6.45, 7) is 0. The van der Waals surface area contributed by atoms with Crippen LogP contribution in [0.25, 0.3) is 0 Å². The van der Waals surface area contributed by atoms with Crippen LogP contribution in [0.5, 0.6) is 0 Å². The molecule has 1 atom stereocenters. The highest BCUT2D eigenvalue weighted by Gasteiger charge is 2.37. The second-order valence-corrected chi connectivity index (χ2v) is 5.31. The van der Waals surface area contributed by atoms with Crippen molar-refractivity contribution in [2.45, 2.75) is 18.9 Å².